The van der Waals surface area contributed by atoms with E-state index in [2.05, 4.69) is 27.3 Å². The maximum atomic E-state index is 13.0. The van der Waals surface area contributed by atoms with Crippen molar-refractivity contribution in [3.63, 3.8) is 0 Å². The van der Waals surface area contributed by atoms with E-state index in [1.54, 1.807) is 17.8 Å². The third-order valence-electron chi connectivity index (χ3n) is 6.58. The van der Waals surface area contributed by atoms with Crippen molar-refractivity contribution in [1.82, 2.24) is 34.2 Å². The molecule has 2 amide bonds. The molecule has 2 fully saturated rings. The lowest BCUT2D eigenvalue weighted by Gasteiger charge is -2.32. The summed E-state index contributed by atoms with van der Waals surface area (Å²) in [6.45, 7) is 3.02. The largest absolute Gasteiger partial charge is 0.339 e. The number of nitrogens with zero attached hydrogens (tertiary/aromatic N) is 7. The fourth-order valence-electron chi connectivity index (χ4n) is 4.73. The Bertz CT molecular complexity index is 1100. The molecule has 0 spiro atoms. The second-order valence-electron chi connectivity index (χ2n) is 8.47. The fraction of sp³-hybridized carbons (Fsp3) is 0.500. The first-order valence-electron chi connectivity index (χ1n) is 11.0. The molecule has 0 unspecified atom stereocenters. The van der Waals surface area contributed by atoms with Crippen LogP contribution in [0.1, 0.15) is 64.6 Å². The SMILES string of the molecule is Cn1ncnc1C(=O)N1CCC(c2ccn3ncc(C(=O)N4CCCCC4)c3c2)CC1. The third-order valence-corrected chi connectivity index (χ3v) is 6.58. The molecule has 0 aliphatic carbocycles. The van der Waals surface area contributed by atoms with E-state index in [1.165, 1.54) is 23.0 Å². The molecule has 3 aromatic heterocycles. The highest BCUT2D eigenvalue weighted by Gasteiger charge is 2.28. The molecule has 31 heavy (non-hydrogen) atoms. The zero-order valence-corrected chi connectivity index (χ0v) is 17.8. The van der Waals surface area contributed by atoms with Gasteiger partial charge in [0, 0.05) is 39.4 Å². The van der Waals surface area contributed by atoms with Gasteiger partial charge in [-0.2, -0.15) is 10.2 Å². The van der Waals surface area contributed by atoms with Crippen molar-refractivity contribution in [1.29, 1.82) is 0 Å². The van der Waals surface area contributed by atoms with Gasteiger partial charge in [-0.05, 0) is 55.7 Å². The molecule has 5 heterocycles. The van der Waals surface area contributed by atoms with Crippen LogP contribution in [0.2, 0.25) is 0 Å². The monoisotopic (exact) mass is 421 g/mol. The molecule has 2 saturated heterocycles. The van der Waals surface area contributed by atoms with Gasteiger partial charge in [-0.15, -0.1) is 0 Å². The van der Waals surface area contributed by atoms with E-state index in [0.717, 1.165) is 44.3 Å². The molecule has 0 radical (unpaired) electrons. The van der Waals surface area contributed by atoms with Crippen molar-refractivity contribution in [3.05, 3.63) is 47.8 Å². The first-order valence-corrected chi connectivity index (χ1v) is 11.0. The van der Waals surface area contributed by atoms with Gasteiger partial charge in [0.05, 0.1) is 17.3 Å². The molecule has 0 bridgehead atoms. The molecular weight excluding hydrogens is 394 g/mol. The molecule has 0 atom stereocenters. The number of carbonyl (C=O) groups excluding carboxylic acids is 2. The molecule has 9 heteroatoms. The molecule has 0 aromatic carbocycles. The standard InChI is InChI=1S/C22H27N7O2/c1-26-20(23-15-25-26)22(31)28-10-5-16(6-11-28)17-7-12-29-19(13-17)18(14-24-29)21(30)27-8-3-2-4-9-27/h7,12-16H,2-6,8-11H2,1H3. The van der Waals surface area contributed by atoms with Gasteiger partial charge in [0.2, 0.25) is 5.82 Å². The van der Waals surface area contributed by atoms with E-state index in [9.17, 15) is 9.59 Å². The Morgan fingerprint density at radius 2 is 1.71 bits per heavy atom. The second kappa shape index (κ2) is 8.13. The van der Waals surface area contributed by atoms with Gasteiger partial charge in [-0.25, -0.2) is 14.2 Å². The van der Waals surface area contributed by atoms with Crippen LogP contribution < -0.4 is 0 Å². The number of hydrogen-bond donors (Lipinski definition) is 0. The summed E-state index contributed by atoms with van der Waals surface area (Å²) in [6.07, 6.45) is 10.1. The number of hydrogen-bond acceptors (Lipinski definition) is 5. The highest BCUT2D eigenvalue weighted by atomic mass is 16.2. The quantitative estimate of drug-likeness (QED) is 0.646. The number of piperidine rings is 2. The Kier molecular flexibility index (Phi) is 5.17. The maximum Gasteiger partial charge on any atom is 0.291 e. The number of rotatable bonds is 3. The lowest BCUT2D eigenvalue weighted by atomic mass is 9.89. The van der Waals surface area contributed by atoms with Crippen LogP contribution in [0.5, 0.6) is 0 Å². The number of likely N-dealkylation sites (tertiary alicyclic amines) is 2. The molecule has 5 rings (SSSR count). The summed E-state index contributed by atoms with van der Waals surface area (Å²) >= 11 is 0. The Hall–Kier alpha value is -3.23. The van der Waals surface area contributed by atoms with Crippen LogP contribution in [0.4, 0.5) is 0 Å². The van der Waals surface area contributed by atoms with Gasteiger partial charge in [-0.3, -0.25) is 9.59 Å². The van der Waals surface area contributed by atoms with Crippen LogP contribution >= 0.6 is 0 Å². The number of pyridine rings is 1. The molecule has 162 valence electrons. The Balaban J connectivity index is 1.31. The number of aromatic nitrogens is 5. The lowest BCUT2D eigenvalue weighted by Crippen LogP contribution is -2.39. The summed E-state index contributed by atoms with van der Waals surface area (Å²) in [5.41, 5.74) is 2.75. The molecular formula is C22H27N7O2. The zero-order valence-electron chi connectivity index (χ0n) is 17.8. The molecule has 2 aliphatic rings. The second-order valence-corrected chi connectivity index (χ2v) is 8.47. The van der Waals surface area contributed by atoms with Crippen molar-refractivity contribution in [2.24, 2.45) is 7.05 Å². The minimum Gasteiger partial charge on any atom is -0.339 e. The zero-order chi connectivity index (χ0) is 21.4. The number of amides is 2. The van der Waals surface area contributed by atoms with Gasteiger partial charge in [-0.1, -0.05) is 0 Å². The predicted molar refractivity (Wildman–Crippen MR) is 114 cm³/mol. The Morgan fingerprint density at radius 1 is 0.968 bits per heavy atom. The summed E-state index contributed by atoms with van der Waals surface area (Å²) in [6, 6.07) is 4.19. The molecule has 9 nitrogen and oxygen atoms in total. The predicted octanol–water partition coefficient (Wildman–Crippen LogP) is 2.11. The summed E-state index contributed by atoms with van der Waals surface area (Å²) < 4.78 is 3.30. The minimum absolute atomic E-state index is 0.0703. The summed E-state index contributed by atoms with van der Waals surface area (Å²) in [7, 11) is 1.73. The van der Waals surface area contributed by atoms with E-state index >= 15 is 0 Å². The van der Waals surface area contributed by atoms with Crippen molar-refractivity contribution >= 4 is 17.3 Å². The fourth-order valence-corrected chi connectivity index (χ4v) is 4.73. The average molecular weight is 422 g/mol. The number of fused-ring (bicyclic) bond motifs is 1. The van der Waals surface area contributed by atoms with Crippen LogP contribution in [-0.2, 0) is 7.05 Å². The van der Waals surface area contributed by atoms with Gasteiger partial charge in [0.25, 0.3) is 11.8 Å². The molecule has 2 aliphatic heterocycles. The van der Waals surface area contributed by atoms with E-state index in [1.807, 2.05) is 16.0 Å². The van der Waals surface area contributed by atoms with E-state index in [0.29, 0.717) is 30.4 Å². The summed E-state index contributed by atoms with van der Waals surface area (Å²) in [5, 5.41) is 8.39. The van der Waals surface area contributed by atoms with Crippen molar-refractivity contribution in [3.8, 4) is 0 Å². The highest BCUT2D eigenvalue weighted by molar-refractivity contribution is 6.00. The van der Waals surface area contributed by atoms with E-state index in [4.69, 9.17) is 0 Å². The van der Waals surface area contributed by atoms with Crippen LogP contribution in [0.3, 0.4) is 0 Å². The van der Waals surface area contributed by atoms with Crippen molar-refractivity contribution < 1.29 is 9.59 Å². The lowest BCUT2D eigenvalue weighted by molar-refractivity contribution is 0.0693. The van der Waals surface area contributed by atoms with Gasteiger partial charge >= 0.3 is 0 Å². The first kappa shape index (κ1) is 19.7. The van der Waals surface area contributed by atoms with E-state index in [-0.39, 0.29) is 11.8 Å². The normalized spacial score (nSPS) is 18.0. The third kappa shape index (κ3) is 3.68. The number of carbonyl (C=O) groups is 2. The van der Waals surface area contributed by atoms with Crippen molar-refractivity contribution in [2.75, 3.05) is 26.2 Å². The van der Waals surface area contributed by atoms with Gasteiger partial charge < -0.3 is 9.80 Å². The minimum atomic E-state index is -0.0703. The summed E-state index contributed by atoms with van der Waals surface area (Å²) in [4.78, 5) is 33.6. The van der Waals surface area contributed by atoms with Crippen LogP contribution in [-0.4, -0.2) is 72.2 Å². The summed E-state index contributed by atoms with van der Waals surface area (Å²) in [5.74, 6) is 0.733. The van der Waals surface area contributed by atoms with Crippen LogP contribution in [0, 0.1) is 0 Å². The average Bonchev–Trinajstić information content (AvgIpc) is 3.44. The van der Waals surface area contributed by atoms with Crippen molar-refractivity contribution in [2.45, 2.75) is 38.0 Å². The van der Waals surface area contributed by atoms with Crippen LogP contribution in [0.15, 0.2) is 30.9 Å². The van der Waals surface area contributed by atoms with Crippen LogP contribution in [0.25, 0.3) is 5.52 Å². The molecule has 0 N–H and O–H groups in total. The van der Waals surface area contributed by atoms with Gasteiger partial charge in [0.1, 0.15) is 6.33 Å². The smallest absolute Gasteiger partial charge is 0.291 e. The number of aryl methyl sites for hydroxylation is 1. The van der Waals surface area contributed by atoms with Gasteiger partial charge in [0.15, 0.2) is 0 Å². The maximum absolute atomic E-state index is 13.0. The highest BCUT2D eigenvalue weighted by Crippen LogP contribution is 2.30. The Labute approximate surface area is 180 Å². The van der Waals surface area contributed by atoms with E-state index < -0.39 is 0 Å². The molecule has 0 saturated carbocycles. The molecule has 3 aromatic rings. The topological polar surface area (TPSA) is 88.6 Å². The Morgan fingerprint density at radius 3 is 2.42 bits per heavy atom. The first-order chi connectivity index (χ1) is 15.1.